The van der Waals surface area contributed by atoms with Crippen LogP contribution in [0, 0.1) is 6.92 Å². The lowest BCUT2D eigenvalue weighted by atomic mass is 10.1. The molecule has 4 aromatic rings. The molecule has 0 atom stereocenters. The van der Waals surface area contributed by atoms with Crippen LogP contribution >= 0.6 is 11.6 Å². The molecule has 0 radical (unpaired) electrons. The number of nitrogens with one attached hydrogen (secondary N) is 2. The highest BCUT2D eigenvalue weighted by molar-refractivity contribution is 6.32. The molecular weight excluding hydrogens is 402 g/mol. The summed E-state index contributed by atoms with van der Waals surface area (Å²) in [5, 5.41) is 11.9. The molecule has 1 aromatic carbocycles. The number of pyridine rings is 1. The number of anilines is 2. The molecule has 0 aliphatic heterocycles. The van der Waals surface area contributed by atoms with E-state index in [1.165, 1.54) is 6.33 Å². The second-order valence-corrected chi connectivity index (χ2v) is 7.63. The van der Waals surface area contributed by atoms with Gasteiger partial charge >= 0.3 is 0 Å². The topological polar surface area (TPSA) is 97.6 Å². The molecule has 1 aliphatic carbocycles. The molecule has 2 N–H and O–H groups in total. The predicted molar refractivity (Wildman–Crippen MR) is 114 cm³/mol. The van der Waals surface area contributed by atoms with Crippen LogP contribution in [0.1, 0.15) is 28.8 Å². The number of amides is 1. The van der Waals surface area contributed by atoms with Crippen LogP contribution in [0.2, 0.25) is 5.02 Å². The van der Waals surface area contributed by atoms with Crippen molar-refractivity contribution >= 4 is 40.0 Å². The van der Waals surface area contributed by atoms with E-state index in [2.05, 4.69) is 30.7 Å². The number of halogens is 1. The van der Waals surface area contributed by atoms with Crippen molar-refractivity contribution < 1.29 is 4.79 Å². The zero-order valence-electron chi connectivity index (χ0n) is 16.1. The van der Waals surface area contributed by atoms with Crippen molar-refractivity contribution in [2.75, 3.05) is 5.32 Å². The van der Waals surface area contributed by atoms with Gasteiger partial charge < -0.3 is 10.6 Å². The Bertz CT molecular complexity index is 1270. The fraction of sp³-hybridized carbons (Fsp3) is 0.190. The van der Waals surface area contributed by atoms with Crippen molar-refractivity contribution in [3.8, 4) is 5.82 Å². The molecule has 3 heterocycles. The minimum Gasteiger partial charge on any atom is -0.349 e. The second kappa shape index (κ2) is 7.38. The molecule has 3 aromatic heterocycles. The first-order valence-corrected chi connectivity index (χ1v) is 9.96. The van der Waals surface area contributed by atoms with Gasteiger partial charge in [0.25, 0.3) is 5.91 Å². The Labute approximate surface area is 177 Å². The zero-order chi connectivity index (χ0) is 20.7. The number of benzene rings is 1. The minimum absolute atomic E-state index is 0.0639. The van der Waals surface area contributed by atoms with Crippen LogP contribution in [0.15, 0.2) is 49.1 Å². The molecule has 0 saturated heterocycles. The number of aryl methyl sites for hydroxylation is 1. The maximum atomic E-state index is 12.4. The number of fused-ring (bicyclic) bond motifs is 1. The van der Waals surface area contributed by atoms with Gasteiger partial charge in [0.1, 0.15) is 12.1 Å². The highest BCUT2D eigenvalue weighted by Crippen LogP contribution is 2.28. The van der Waals surface area contributed by atoms with Crippen molar-refractivity contribution in [1.82, 2.24) is 30.0 Å². The molecule has 0 spiro atoms. The fourth-order valence-corrected chi connectivity index (χ4v) is 3.36. The number of hydrogen-bond donors (Lipinski definition) is 2. The Morgan fingerprint density at radius 1 is 1.20 bits per heavy atom. The van der Waals surface area contributed by atoms with Crippen LogP contribution in [0.25, 0.3) is 16.9 Å². The van der Waals surface area contributed by atoms with Gasteiger partial charge in [0, 0.05) is 23.5 Å². The zero-order valence-corrected chi connectivity index (χ0v) is 16.9. The lowest BCUT2D eigenvalue weighted by Gasteiger charge is -2.12. The summed E-state index contributed by atoms with van der Waals surface area (Å²) in [7, 11) is 0. The van der Waals surface area contributed by atoms with E-state index in [9.17, 15) is 4.79 Å². The molecule has 9 heteroatoms. The number of rotatable bonds is 5. The monoisotopic (exact) mass is 419 g/mol. The number of carbonyl (C=O) groups excluding carboxylic acids is 1. The molecule has 1 saturated carbocycles. The predicted octanol–water partition coefficient (Wildman–Crippen LogP) is 3.81. The van der Waals surface area contributed by atoms with Crippen molar-refractivity contribution in [3.63, 3.8) is 0 Å². The molecular formula is C21H18ClN7O. The Kier molecular flexibility index (Phi) is 4.55. The normalized spacial score (nSPS) is 13.4. The van der Waals surface area contributed by atoms with Crippen LogP contribution < -0.4 is 10.6 Å². The van der Waals surface area contributed by atoms with E-state index in [4.69, 9.17) is 11.6 Å². The third-order valence-corrected chi connectivity index (χ3v) is 5.27. The lowest BCUT2D eigenvalue weighted by molar-refractivity contribution is 0.0951. The van der Waals surface area contributed by atoms with Gasteiger partial charge in [-0.3, -0.25) is 4.79 Å². The van der Waals surface area contributed by atoms with E-state index in [1.807, 2.05) is 25.1 Å². The van der Waals surface area contributed by atoms with Gasteiger partial charge in [0.05, 0.1) is 16.6 Å². The van der Waals surface area contributed by atoms with Crippen molar-refractivity contribution in [2.45, 2.75) is 25.8 Å². The summed E-state index contributed by atoms with van der Waals surface area (Å²) in [6, 6.07) is 9.39. The third kappa shape index (κ3) is 3.46. The molecule has 30 heavy (non-hydrogen) atoms. The summed E-state index contributed by atoms with van der Waals surface area (Å²) in [6.07, 6.45) is 6.87. The van der Waals surface area contributed by atoms with Gasteiger partial charge in [0.15, 0.2) is 11.5 Å². The summed E-state index contributed by atoms with van der Waals surface area (Å²) < 4.78 is 1.58. The molecule has 0 bridgehead atoms. The SMILES string of the molecule is Cc1ccc(C(=O)NC2CC2)cc1Nc1ncnc2c1cnn2-c1ncccc1Cl. The minimum atomic E-state index is -0.0639. The van der Waals surface area contributed by atoms with Crippen LogP contribution in [0.4, 0.5) is 11.5 Å². The Hall–Kier alpha value is -3.52. The van der Waals surface area contributed by atoms with Crippen LogP contribution in [-0.4, -0.2) is 36.7 Å². The Morgan fingerprint density at radius 2 is 2.07 bits per heavy atom. The first-order valence-electron chi connectivity index (χ1n) is 9.58. The number of nitrogens with zero attached hydrogens (tertiary/aromatic N) is 5. The van der Waals surface area contributed by atoms with E-state index in [0.29, 0.717) is 39.3 Å². The summed E-state index contributed by atoms with van der Waals surface area (Å²) in [5.41, 5.74) is 2.97. The van der Waals surface area contributed by atoms with Gasteiger partial charge in [-0.1, -0.05) is 17.7 Å². The first-order chi connectivity index (χ1) is 14.6. The second-order valence-electron chi connectivity index (χ2n) is 7.23. The van der Waals surface area contributed by atoms with E-state index in [-0.39, 0.29) is 5.91 Å². The van der Waals surface area contributed by atoms with Crippen LogP contribution in [0.5, 0.6) is 0 Å². The van der Waals surface area contributed by atoms with Crippen molar-refractivity contribution in [2.24, 2.45) is 0 Å². The maximum Gasteiger partial charge on any atom is 0.251 e. The maximum absolute atomic E-state index is 12.4. The van der Waals surface area contributed by atoms with Gasteiger partial charge in [-0.15, -0.1) is 0 Å². The van der Waals surface area contributed by atoms with Gasteiger partial charge in [-0.25, -0.2) is 15.0 Å². The van der Waals surface area contributed by atoms with Crippen LogP contribution in [0.3, 0.4) is 0 Å². The number of carbonyl (C=O) groups is 1. The highest BCUT2D eigenvalue weighted by Gasteiger charge is 2.24. The van der Waals surface area contributed by atoms with E-state index >= 15 is 0 Å². The van der Waals surface area contributed by atoms with Gasteiger partial charge in [-0.2, -0.15) is 9.78 Å². The summed E-state index contributed by atoms with van der Waals surface area (Å²) >= 11 is 6.27. The summed E-state index contributed by atoms with van der Waals surface area (Å²) in [6.45, 7) is 1.97. The van der Waals surface area contributed by atoms with Crippen molar-refractivity contribution in [1.29, 1.82) is 0 Å². The summed E-state index contributed by atoms with van der Waals surface area (Å²) in [4.78, 5) is 25.5. The Balaban J connectivity index is 1.50. The molecule has 0 unspecified atom stereocenters. The third-order valence-electron chi connectivity index (χ3n) is 4.97. The van der Waals surface area contributed by atoms with E-state index < -0.39 is 0 Å². The molecule has 1 amide bonds. The molecule has 150 valence electrons. The number of aromatic nitrogens is 5. The first kappa shape index (κ1) is 18.5. The van der Waals surface area contributed by atoms with Gasteiger partial charge in [0.2, 0.25) is 0 Å². The average Bonchev–Trinajstić information content (AvgIpc) is 3.45. The van der Waals surface area contributed by atoms with Crippen molar-refractivity contribution in [3.05, 3.63) is 65.2 Å². The smallest absolute Gasteiger partial charge is 0.251 e. The summed E-state index contributed by atoms with van der Waals surface area (Å²) in [5.74, 6) is 1.01. The highest BCUT2D eigenvalue weighted by atomic mass is 35.5. The average molecular weight is 420 g/mol. The van der Waals surface area contributed by atoms with Gasteiger partial charge in [-0.05, 0) is 49.6 Å². The molecule has 1 aliphatic rings. The van der Waals surface area contributed by atoms with Crippen LogP contribution in [-0.2, 0) is 0 Å². The molecule has 8 nitrogen and oxygen atoms in total. The lowest BCUT2D eigenvalue weighted by Crippen LogP contribution is -2.25. The molecule has 5 rings (SSSR count). The fourth-order valence-electron chi connectivity index (χ4n) is 3.15. The van der Waals surface area contributed by atoms with E-state index in [1.54, 1.807) is 29.2 Å². The largest absolute Gasteiger partial charge is 0.349 e. The molecule has 1 fully saturated rings. The quantitative estimate of drug-likeness (QED) is 0.510. The number of hydrogen-bond acceptors (Lipinski definition) is 6. The Morgan fingerprint density at radius 3 is 2.87 bits per heavy atom. The van der Waals surface area contributed by atoms with E-state index in [0.717, 1.165) is 24.1 Å². The standard InChI is InChI=1S/C21H18ClN7O/c1-12-4-5-13(21(30)27-14-6-7-14)9-17(12)28-18-15-10-26-29(19(15)25-11-24-18)20-16(22)3-2-8-23-20/h2-5,8-11,14H,6-7H2,1H3,(H,27,30)(H,24,25,28).